The molecule has 2 heteroatoms. The van der Waals surface area contributed by atoms with Crippen LogP contribution in [-0.4, -0.2) is 5.97 Å². The van der Waals surface area contributed by atoms with E-state index >= 15 is 0 Å². The fourth-order valence-electron chi connectivity index (χ4n) is 4.21. The molecule has 1 heterocycles. The molecule has 0 amide bonds. The van der Waals surface area contributed by atoms with Crippen LogP contribution in [0.2, 0.25) is 0 Å². The minimum atomic E-state index is -0.319. The van der Waals surface area contributed by atoms with Crippen LogP contribution in [0.1, 0.15) is 52.6 Å². The number of hydrogen-bond donors (Lipinski definition) is 0. The van der Waals surface area contributed by atoms with E-state index in [1.807, 2.05) is 30.3 Å². The third kappa shape index (κ3) is 1.86. The van der Waals surface area contributed by atoms with Gasteiger partial charge in [-0.1, -0.05) is 24.3 Å². The first-order valence-corrected chi connectivity index (χ1v) is 8.52. The van der Waals surface area contributed by atoms with Crippen LogP contribution in [0, 0.1) is 6.08 Å². The zero-order valence-electron chi connectivity index (χ0n) is 14.2. The molecule has 1 aliphatic heterocycles. The van der Waals surface area contributed by atoms with Crippen molar-refractivity contribution in [2.45, 2.75) is 25.4 Å². The summed E-state index contributed by atoms with van der Waals surface area (Å²) in [5, 5.41) is 0. The molecule has 0 fully saturated rings. The molecular weight excluding hydrogens is 308 g/mol. The molecule has 1 unspecified atom stereocenters. The van der Waals surface area contributed by atoms with Crippen molar-refractivity contribution in [3.8, 4) is 0 Å². The number of esters is 1. The number of allylic oxidation sites excluding steroid dienone is 6. The standard InChI is InChI=1S/C23H17O2/c1-23(2)19-10-6-5-7-15(19)16-12-11-14(13-20(16)23)21-17-8-3-4-9-18(17)22(24)25-21/h3-4,6-13,21H,1-2H3/q+1. The Bertz CT molecular complexity index is 1020. The van der Waals surface area contributed by atoms with Crippen molar-refractivity contribution >= 4 is 11.5 Å². The third-order valence-electron chi connectivity index (χ3n) is 5.54. The zero-order valence-corrected chi connectivity index (χ0v) is 14.2. The molecule has 0 bridgehead atoms. The van der Waals surface area contributed by atoms with E-state index in [-0.39, 0.29) is 17.5 Å². The normalized spacial score (nSPS) is 21.5. The first-order chi connectivity index (χ1) is 12.1. The number of carbonyl (C=O) groups is 1. The van der Waals surface area contributed by atoms with Crippen molar-refractivity contribution in [3.05, 3.63) is 100 Å². The maximum atomic E-state index is 12.2. The molecular formula is C23H17O2+. The van der Waals surface area contributed by atoms with Crippen molar-refractivity contribution in [1.82, 2.24) is 0 Å². The summed E-state index contributed by atoms with van der Waals surface area (Å²) >= 11 is 0. The average Bonchev–Trinajstić information content (AvgIpc) is 3.09. The molecule has 0 aromatic heterocycles. The number of carbonyl (C=O) groups excluding carboxylic acids is 1. The van der Waals surface area contributed by atoms with Gasteiger partial charge in [-0.25, -0.2) is 4.79 Å². The van der Waals surface area contributed by atoms with Gasteiger partial charge in [0.25, 0.3) is 0 Å². The lowest BCUT2D eigenvalue weighted by Gasteiger charge is -2.21. The predicted octanol–water partition coefficient (Wildman–Crippen LogP) is 4.92. The Morgan fingerprint density at radius 2 is 1.92 bits per heavy atom. The van der Waals surface area contributed by atoms with E-state index in [0.717, 1.165) is 11.1 Å². The lowest BCUT2D eigenvalue weighted by Crippen LogP contribution is -2.17. The van der Waals surface area contributed by atoms with Gasteiger partial charge in [0, 0.05) is 22.6 Å². The van der Waals surface area contributed by atoms with Crippen LogP contribution in [-0.2, 0) is 10.2 Å². The van der Waals surface area contributed by atoms with Crippen molar-refractivity contribution in [3.63, 3.8) is 0 Å². The molecule has 120 valence electrons. The molecule has 2 aliphatic carbocycles. The SMILES string of the molecule is CC1(C)C2=C(C=[C+]C=C2)c2ccc(C3OC(=O)c4ccccc43)cc21. The van der Waals surface area contributed by atoms with E-state index in [1.54, 1.807) is 0 Å². The molecule has 0 spiro atoms. The van der Waals surface area contributed by atoms with Crippen LogP contribution < -0.4 is 0 Å². The van der Waals surface area contributed by atoms with Crippen LogP contribution in [0.25, 0.3) is 5.57 Å². The molecule has 0 radical (unpaired) electrons. The number of cyclic esters (lactones) is 1. The summed E-state index contributed by atoms with van der Waals surface area (Å²) in [6.07, 6.45) is 9.06. The molecule has 1 atom stereocenters. The van der Waals surface area contributed by atoms with E-state index in [4.69, 9.17) is 4.74 Å². The topological polar surface area (TPSA) is 26.3 Å². The molecule has 5 rings (SSSR count). The summed E-state index contributed by atoms with van der Waals surface area (Å²) in [7, 11) is 0. The number of ether oxygens (including phenoxy) is 1. The van der Waals surface area contributed by atoms with Gasteiger partial charge in [0.2, 0.25) is 0 Å². The van der Waals surface area contributed by atoms with Crippen LogP contribution in [0.5, 0.6) is 0 Å². The lowest BCUT2D eigenvalue weighted by atomic mass is 9.79. The molecule has 2 aromatic carbocycles. The molecule has 0 N–H and O–H groups in total. The maximum absolute atomic E-state index is 12.2. The van der Waals surface area contributed by atoms with E-state index in [9.17, 15) is 4.79 Å². The Hall–Kier alpha value is -2.96. The summed E-state index contributed by atoms with van der Waals surface area (Å²) in [6.45, 7) is 4.49. The minimum absolute atomic E-state index is 0.0715. The van der Waals surface area contributed by atoms with Crippen LogP contribution in [0.15, 0.2) is 66.3 Å². The van der Waals surface area contributed by atoms with E-state index in [2.05, 4.69) is 50.3 Å². The second-order valence-corrected chi connectivity index (χ2v) is 7.27. The summed E-state index contributed by atoms with van der Waals surface area (Å²) in [6, 6.07) is 14.1. The second-order valence-electron chi connectivity index (χ2n) is 7.27. The fourth-order valence-corrected chi connectivity index (χ4v) is 4.21. The monoisotopic (exact) mass is 325 g/mol. The fraction of sp³-hybridized carbons (Fsp3) is 0.174. The second kappa shape index (κ2) is 4.78. The Morgan fingerprint density at radius 1 is 1.08 bits per heavy atom. The maximum Gasteiger partial charge on any atom is 0.339 e. The van der Waals surface area contributed by atoms with Crippen LogP contribution in [0.4, 0.5) is 0 Å². The predicted molar refractivity (Wildman–Crippen MR) is 97.0 cm³/mol. The van der Waals surface area contributed by atoms with E-state index < -0.39 is 0 Å². The smallest absolute Gasteiger partial charge is 0.339 e. The number of benzene rings is 2. The van der Waals surface area contributed by atoms with Crippen LogP contribution >= 0.6 is 0 Å². The Labute approximate surface area is 147 Å². The Kier molecular flexibility index (Phi) is 2.75. The van der Waals surface area contributed by atoms with Gasteiger partial charge in [-0.3, -0.25) is 0 Å². The summed E-state index contributed by atoms with van der Waals surface area (Å²) in [5.41, 5.74) is 7.68. The number of rotatable bonds is 1. The van der Waals surface area contributed by atoms with Gasteiger partial charge in [-0.15, -0.1) is 0 Å². The average molecular weight is 325 g/mol. The highest BCUT2D eigenvalue weighted by Crippen LogP contribution is 2.49. The van der Waals surface area contributed by atoms with Crippen LogP contribution in [0.3, 0.4) is 0 Å². The largest absolute Gasteiger partial charge is 0.449 e. The van der Waals surface area contributed by atoms with Crippen molar-refractivity contribution in [1.29, 1.82) is 0 Å². The molecule has 25 heavy (non-hydrogen) atoms. The van der Waals surface area contributed by atoms with Gasteiger partial charge in [0.1, 0.15) is 12.2 Å². The molecule has 2 aromatic rings. The zero-order chi connectivity index (χ0) is 17.2. The molecule has 2 nitrogen and oxygen atoms in total. The lowest BCUT2D eigenvalue weighted by molar-refractivity contribution is 0.0455. The van der Waals surface area contributed by atoms with E-state index in [1.165, 1.54) is 22.3 Å². The molecule has 0 saturated heterocycles. The van der Waals surface area contributed by atoms with Crippen molar-refractivity contribution in [2.75, 3.05) is 0 Å². The van der Waals surface area contributed by atoms with Gasteiger partial charge in [0.15, 0.2) is 6.10 Å². The highest BCUT2D eigenvalue weighted by Gasteiger charge is 2.42. The highest BCUT2D eigenvalue weighted by molar-refractivity contribution is 5.94. The van der Waals surface area contributed by atoms with Gasteiger partial charge >= 0.3 is 5.97 Å². The Morgan fingerprint density at radius 3 is 2.80 bits per heavy atom. The van der Waals surface area contributed by atoms with Gasteiger partial charge < -0.3 is 4.74 Å². The highest BCUT2D eigenvalue weighted by atomic mass is 16.5. The minimum Gasteiger partial charge on any atom is -0.449 e. The summed E-state index contributed by atoms with van der Waals surface area (Å²) < 4.78 is 5.68. The quantitative estimate of drug-likeness (QED) is 0.549. The number of hydrogen-bond acceptors (Lipinski definition) is 2. The molecule has 0 saturated carbocycles. The summed E-state index contributed by atoms with van der Waals surface area (Å²) in [5.74, 6) is -0.238. The first kappa shape index (κ1) is 14.4. The summed E-state index contributed by atoms with van der Waals surface area (Å²) in [4.78, 5) is 12.2. The van der Waals surface area contributed by atoms with Crippen molar-refractivity contribution in [2.24, 2.45) is 0 Å². The van der Waals surface area contributed by atoms with Crippen molar-refractivity contribution < 1.29 is 9.53 Å². The van der Waals surface area contributed by atoms with Gasteiger partial charge in [-0.2, -0.15) is 0 Å². The first-order valence-electron chi connectivity index (χ1n) is 8.52. The molecule has 3 aliphatic rings. The van der Waals surface area contributed by atoms with Gasteiger partial charge in [0.05, 0.1) is 22.8 Å². The number of fused-ring (bicyclic) bond motifs is 3. The van der Waals surface area contributed by atoms with E-state index in [0.29, 0.717) is 5.56 Å². The third-order valence-corrected chi connectivity index (χ3v) is 5.54. The Balaban J connectivity index is 1.64. The van der Waals surface area contributed by atoms with Gasteiger partial charge in [-0.05, 0) is 43.2 Å².